The Morgan fingerprint density at radius 2 is 1.86 bits per heavy atom. The second-order valence-electron chi connectivity index (χ2n) is 14.1. The lowest BCUT2D eigenvalue weighted by atomic mass is 9.33. The molecule has 0 aromatic rings. The van der Waals surface area contributed by atoms with Crippen LogP contribution in [0.2, 0.25) is 0 Å². The fourth-order valence-electron chi connectivity index (χ4n) is 11.0. The largest absolute Gasteiger partial charge is 0.440 e. The van der Waals surface area contributed by atoms with E-state index in [1.807, 2.05) is 13.8 Å². The molecule has 4 bridgehead atoms. The maximum absolute atomic E-state index is 14.1. The van der Waals surface area contributed by atoms with Crippen LogP contribution in [0.1, 0.15) is 79.6 Å². The van der Waals surface area contributed by atoms with Gasteiger partial charge in [-0.05, 0) is 62.4 Å². The summed E-state index contributed by atoms with van der Waals surface area (Å²) in [5.41, 5.74) is -3.09. The summed E-state index contributed by atoms with van der Waals surface area (Å²) >= 11 is 0. The number of Topliss-reactive ketones (excluding diaryl/α,β-unsaturated/α-hetero) is 1. The Morgan fingerprint density at radius 1 is 1.11 bits per heavy atom. The summed E-state index contributed by atoms with van der Waals surface area (Å²) in [6, 6.07) is 0. The number of carbonyl (C=O) groups excluding carboxylic acids is 3. The van der Waals surface area contributed by atoms with Crippen LogP contribution >= 0.6 is 0 Å². The number of piperidine rings is 1. The van der Waals surface area contributed by atoms with Crippen LogP contribution in [-0.2, 0) is 23.9 Å². The lowest BCUT2D eigenvalue weighted by molar-refractivity contribution is -0.411. The normalized spacial score (nSPS) is 57.7. The van der Waals surface area contributed by atoms with Crippen molar-refractivity contribution in [2.45, 2.75) is 103 Å². The molecular formula is C29H39NO6. The molecule has 0 aromatic carbocycles. The highest BCUT2D eigenvalue weighted by Crippen LogP contribution is 2.77. The zero-order valence-electron chi connectivity index (χ0n) is 22.1. The van der Waals surface area contributed by atoms with E-state index in [1.165, 1.54) is 0 Å². The third-order valence-electron chi connectivity index (χ3n) is 12.4. The summed E-state index contributed by atoms with van der Waals surface area (Å²) in [5.74, 6) is -0.953. The van der Waals surface area contributed by atoms with Gasteiger partial charge >= 0.3 is 5.97 Å². The monoisotopic (exact) mass is 497 g/mol. The third-order valence-corrected chi connectivity index (χ3v) is 12.4. The van der Waals surface area contributed by atoms with Crippen LogP contribution in [-0.4, -0.2) is 57.7 Å². The first-order valence-electron chi connectivity index (χ1n) is 13.9. The van der Waals surface area contributed by atoms with E-state index in [-0.39, 0.29) is 42.4 Å². The average Bonchev–Trinajstić information content (AvgIpc) is 3.06. The number of ketones is 2. The van der Waals surface area contributed by atoms with Gasteiger partial charge in [-0.3, -0.25) is 14.4 Å². The van der Waals surface area contributed by atoms with Crippen LogP contribution in [0.15, 0.2) is 11.6 Å². The van der Waals surface area contributed by atoms with Gasteiger partial charge in [0.05, 0.1) is 12.5 Å². The van der Waals surface area contributed by atoms with E-state index < -0.39 is 45.6 Å². The number of aliphatic hydroxyl groups excluding tert-OH is 1. The van der Waals surface area contributed by atoms with Gasteiger partial charge in [-0.15, -0.1) is 0 Å². The van der Waals surface area contributed by atoms with E-state index >= 15 is 0 Å². The summed E-state index contributed by atoms with van der Waals surface area (Å²) in [5, 5.41) is 12.8. The number of carbonyl (C=O) groups is 3. The highest BCUT2D eigenvalue weighted by atomic mass is 16.6. The van der Waals surface area contributed by atoms with Crippen molar-refractivity contribution in [1.82, 2.24) is 4.90 Å². The Balaban J connectivity index is 1.48. The molecule has 1 N–H and O–H groups in total. The van der Waals surface area contributed by atoms with Crippen molar-refractivity contribution in [2.24, 2.45) is 39.9 Å². The highest BCUT2D eigenvalue weighted by Gasteiger charge is 2.85. The van der Waals surface area contributed by atoms with Crippen LogP contribution in [0.5, 0.6) is 0 Å². The molecule has 36 heavy (non-hydrogen) atoms. The second-order valence-corrected chi connectivity index (χ2v) is 14.1. The Labute approximate surface area is 212 Å². The molecule has 4 aliphatic heterocycles. The first kappa shape index (κ1) is 23.5. The smallest absolute Gasteiger partial charge is 0.308 e. The summed E-state index contributed by atoms with van der Waals surface area (Å²) < 4.78 is 13.2. The summed E-state index contributed by atoms with van der Waals surface area (Å²) in [6.07, 6.45) is 4.96. The molecule has 7 heteroatoms. The van der Waals surface area contributed by atoms with E-state index in [1.54, 1.807) is 6.08 Å². The number of ether oxygens (including phenoxy) is 2. The van der Waals surface area contributed by atoms with Crippen LogP contribution in [0.25, 0.3) is 0 Å². The molecule has 0 amide bonds. The number of esters is 1. The number of rotatable bonds is 0. The minimum absolute atomic E-state index is 0.00332. The third kappa shape index (κ3) is 2.32. The maximum Gasteiger partial charge on any atom is 0.308 e. The van der Waals surface area contributed by atoms with E-state index in [2.05, 4.69) is 25.7 Å². The molecule has 6 fully saturated rings. The van der Waals surface area contributed by atoms with Gasteiger partial charge in [-0.1, -0.05) is 33.3 Å². The van der Waals surface area contributed by atoms with Gasteiger partial charge in [0.15, 0.2) is 5.78 Å². The van der Waals surface area contributed by atoms with Crippen molar-refractivity contribution < 1.29 is 29.0 Å². The van der Waals surface area contributed by atoms with Gasteiger partial charge in [-0.2, -0.15) is 0 Å². The van der Waals surface area contributed by atoms with E-state index in [4.69, 9.17) is 9.47 Å². The van der Waals surface area contributed by atoms with E-state index in [0.29, 0.717) is 18.9 Å². The van der Waals surface area contributed by atoms with Gasteiger partial charge in [0.25, 0.3) is 0 Å². The fourth-order valence-corrected chi connectivity index (χ4v) is 11.0. The Bertz CT molecular complexity index is 1130. The van der Waals surface area contributed by atoms with Crippen molar-refractivity contribution in [3.05, 3.63) is 11.6 Å². The predicted molar refractivity (Wildman–Crippen MR) is 129 cm³/mol. The number of allylic oxidation sites excluding steroid dienone is 2. The van der Waals surface area contributed by atoms with Crippen LogP contribution < -0.4 is 0 Å². The molecule has 0 aromatic heterocycles. The lowest BCUT2D eigenvalue weighted by Crippen LogP contribution is -2.87. The quantitative estimate of drug-likeness (QED) is 0.513. The molecular weight excluding hydrogens is 458 g/mol. The number of aliphatic hydroxyl groups is 1. The summed E-state index contributed by atoms with van der Waals surface area (Å²) in [6.45, 7) is 11.1. The molecule has 7 rings (SSSR count). The first-order chi connectivity index (χ1) is 16.8. The van der Waals surface area contributed by atoms with Crippen LogP contribution in [0, 0.1) is 39.9 Å². The summed E-state index contributed by atoms with van der Waals surface area (Å²) in [4.78, 5) is 42.9. The van der Waals surface area contributed by atoms with Crippen molar-refractivity contribution in [2.75, 3.05) is 6.54 Å². The minimum Gasteiger partial charge on any atom is -0.440 e. The Kier molecular flexibility index (Phi) is 4.38. The number of fused-ring (bicyclic) bond motifs is 5. The molecule has 4 saturated heterocycles. The van der Waals surface area contributed by atoms with Gasteiger partial charge in [0.1, 0.15) is 17.6 Å². The molecule has 4 heterocycles. The Morgan fingerprint density at radius 3 is 2.61 bits per heavy atom. The highest BCUT2D eigenvalue weighted by molar-refractivity contribution is 5.99. The van der Waals surface area contributed by atoms with Crippen molar-refractivity contribution in [1.29, 1.82) is 0 Å². The average molecular weight is 498 g/mol. The van der Waals surface area contributed by atoms with Crippen molar-refractivity contribution in [3.63, 3.8) is 0 Å². The zero-order chi connectivity index (χ0) is 25.6. The molecule has 11 atom stereocenters. The molecule has 1 spiro atoms. The molecule has 7 aliphatic rings. The Hall–Kier alpha value is -1.57. The molecule has 0 radical (unpaired) electrons. The molecule has 196 valence electrons. The fraction of sp³-hybridized carbons (Fsp3) is 0.828. The van der Waals surface area contributed by atoms with Crippen molar-refractivity contribution >= 4 is 17.5 Å². The second kappa shape index (κ2) is 6.70. The van der Waals surface area contributed by atoms with Gasteiger partial charge < -0.3 is 14.6 Å². The maximum atomic E-state index is 14.1. The van der Waals surface area contributed by atoms with Gasteiger partial charge in [0.2, 0.25) is 5.72 Å². The van der Waals surface area contributed by atoms with Gasteiger partial charge in [0, 0.05) is 35.6 Å². The summed E-state index contributed by atoms with van der Waals surface area (Å²) in [7, 11) is 0. The zero-order valence-corrected chi connectivity index (χ0v) is 22.1. The SMILES string of the molecule is CC1=CC(=O)[C@H]2CC(=O)[C@H]3[C@](C)(C2C1)[C@H](O)[C@@]12OC(=O)C[C@]3(C)[C@]1(C)CCC13C[C@@H](C)C[C@H](CN12)O3. The van der Waals surface area contributed by atoms with Crippen molar-refractivity contribution in [3.8, 4) is 0 Å². The minimum atomic E-state index is -1.29. The topological polar surface area (TPSA) is 93.1 Å². The number of hydrogen-bond donors (Lipinski definition) is 1. The van der Waals surface area contributed by atoms with E-state index in [0.717, 1.165) is 31.3 Å². The lowest BCUT2D eigenvalue weighted by Gasteiger charge is -2.77. The molecule has 7 nitrogen and oxygen atoms in total. The predicted octanol–water partition coefficient (Wildman–Crippen LogP) is 3.38. The van der Waals surface area contributed by atoms with Crippen LogP contribution in [0.3, 0.4) is 0 Å². The standard InChI is InChI=1S/C29H39NO6/c1-15-9-19-18(20(31)10-15)11-21(32)23-25(3)13-22(33)36-29(24(34)27(19,23)5)26(25,4)6-7-28-12-16(2)8-17(35-28)14-30(28)29/h10,16-19,23-24,34H,6-9,11-14H2,1-5H3/t16-,17+,18-,19?,23+,24-,25-,26-,27-,28?,29+/m0/s1. The molecule has 2 unspecified atom stereocenters. The van der Waals surface area contributed by atoms with E-state index in [9.17, 15) is 19.5 Å². The van der Waals surface area contributed by atoms with Gasteiger partial charge in [-0.25, -0.2) is 4.90 Å². The molecule has 2 saturated carbocycles. The number of hydrogen-bond acceptors (Lipinski definition) is 7. The molecule has 3 aliphatic carbocycles. The van der Waals surface area contributed by atoms with Crippen LogP contribution in [0.4, 0.5) is 0 Å². The number of nitrogens with zero attached hydrogens (tertiary/aromatic N) is 1. The first-order valence-corrected chi connectivity index (χ1v) is 13.9.